The van der Waals surface area contributed by atoms with Gasteiger partial charge in [-0.15, -0.1) is 0 Å². The van der Waals surface area contributed by atoms with Crippen molar-refractivity contribution in [1.82, 2.24) is 0 Å². The number of unbranched alkanes of at least 4 members (excludes halogenated alkanes) is 1. The van der Waals surface area contributed by atoms with Crippen LogP contribution in [0.15, 0.2) is 97.1 Å². The lowest BCUT2D eigenvalue weighted by Gasteiger charge is -2.14. The molecule has 0 aliphatic carbocycles. The van der Waals surface area contributed by atoms with Gasteiger partial charge in [0.05, 0.1) is 25.0 Å². The van der Waals surface area contributed by atoms with E-state index >= 15 is 0 Å². The molecule has 0 saturated heterocycles. The van der Waals surface area contributed by atoms with E-state index in [4.69, 9.17) is 9.47 Å². The van der Waals surface area contributed by atoms with Crippen molar-refractivity contribution < 1.29 is 27.8 Å². The SMILES string of the molecule is CC(C(=O)OCCCCOC(=O)C(C)c1ccc(-c2ccccc2)c(F)c1)c1ccc(-c2ccccc2)c(F)c1. The monoisotopic (exact) mass is 542 g/mol. The minimum Gasteiger partial charge on any atom is -0.465 e. The second-order valence-corrected chi connectivity index (χ2v) is 9.70. The van der Waals surface area contributed by atoms with Gasteiger partial charge < -0.3 is 9.47 Å². The first-order chi connectivity index (χ1) is 19.3. The Labute approximate surface area is 233 Å². The third kappa shape index (κ3) is 7.20. The second kappa shape index (κ2) is 13.7. The lowest BCUT2D eigenvalue weighted by atomic mass is 9.97. The molecule has 0 amide bonds. The highest BCUT2D eigenvalue weighted by atomic mass is 19.1. The third-order valence-corrected chi connectivity index (χ3v) is 6.89. The number of hydrogen-bond acceptors (Lipinski definition) is 4. The molecule has 4 aromatic carbocycles. The molecule has 0 heterocycles. The lowest BCUT2D eigenvalue weighted by molar-refractivity contribution is -0.147. The van der Waals surface area contributed by atoms with Gasteiger partial charge in [0.1, 0.15) is 11.6 Å². The second-order valence-electron chi connectivity index (χ2n) is 9.70. The molecule has 0 fully saturated rings. The van der Waals surface area contributed by atoms with E-state index < -0.39 is 35.4 Å². The van der Waals surface area contributed by atoms with Crippen LogP contribution >= 0.6 is 0 Å². The number of ether oxygens (including phenoxy) is 2. The quantitative estimate of drug-likeness (QED) is 0.142. The third-order valence-electron chi connectivity index (χ3n) is 6.89. The van der Waals surface area contributed by atoms with Crippen LogP contribution in [0.4, 0.5) is 8.78 Å². The summed E-state index contributed by atoms with van der Waals surface area (Å²) < 4.78 is 40.1. The Kier molecular flexibility index (Phi) is 9.79. The molecule has 4 rings (SSSR count). The first-order valence-corrected chi connectivity index (χ1v) is 13.4. The van der Waals surface area contributed by atoms with Crippen molar-refractivity contribution in [2.24, 2.45) is 0 Å². The van der Waals surface area contributed by atoms with Crippen molar-refractivity contribution in [3.05, 3.63) is 120 Å². The number of esters is 2. The molecule has 206 valence electrons. The fraction of sp³-hybridized carbons (Fsp3) is 0.235. The number of halogens is 2. The highest BCUT2D eigenvalue weighted by molar-refractivity contribution is 5.79. The normalized spacial score (nSPS) is 12.4. The molecule has 2 unspecified atom stereocenters. The molecule has 4 aromatic rings. The van der Waals surface area contributed by atoms with E-state index in [1.165, 1.54) is 12.1 Å². The van der Waals surface area contributed by atoms with Gasteiger partial charge in [-0.05, 0) is 61.1 Å². The van der Waals surface area contributed by atoms with Gasteiger partial charge in [0.15, 0.2) is 0 Å². The summed E-state index contributed by atoms with van der Waals surface area (Å²) in [5.74, 6) is -2.92. The molecule has 0 spiro atoms. The van der Waals surface area contributed by atoms with Crippen LogP contribution in [0.25, 0.3) is 22.3 Å². The summed E-state index contributed by atoms with van der Waals surface area (Å²) >= 11 is 0. The lowest BCUT2D eigenvalue weighted by Crippen LogP contribution is -2.16. The Morgan fingerprint density at radius 2 is 0.975 bits per heavy atom. The van der Waals surface area contributed by atoms with Crippen molar-refractivity contribution in [3.8, 4) is 22.3 Å². The van der Waals surface area contributed by atoms with Gasteiger partial charge in [-0.3, -0.25) is 9.59 Å². The number of hydrogen-bond donors (Lipinski definition) is 0. The van der Waals surface area contributed by atoms with Crippen molar-refractivity contribution in [2.75, 3.05) is 13.2 Å². The predicted octanol–water partition coefficient (Wildman–Crippen LogP) is 8.07. The van der Waals surface area contributed by atoms with Gasteiger partial charge in [-0.25, -0.2) is 8.78 Å². The summed E-state index contributed by atoms with van der Waals surface area (Å²) in [4.78, 5) is 25.0. The van der Waals surface area contributed by atoms with Crippen LogP contribution in [-0.2, 0) is 19.1 Å². The Balaban J connectivity index is 1.18. The van der Waals surface area contributed by atoms with Gasteiger partial charge in [0, 0.05) is 11.1 Å². The summed E-state index contributed by atoms with van der Waals surface area (Å²) in [7, 11) is 0. The summed E-state index contributed by atoms with van der Waals surface area (Å²) in [5.41, 5.74) is 3.57. The standard InChI is InChI=1S/C34H32F2O4/c1-23(27-15-17-29(31(35)21-27)25-11-5-3-6-12-25)33(37)39-19-9-10-20-40-34(38)24(2)28-16-18-30(32(36)22-28)26-13-7-4-8-14-26/h3-8,11-18,21-24H,9-10,19-20H2,1-2H3. The molecule has 0 bridgehead atoms. The topological polar surface area (TPSA) is 52.6 Å². The Morgan fingerprint density at radius 3 is 1.32 bits per heavy atom. The van der Waals surface area contributed by atoms with E-state index in [-0.39, 0.29) is 13.2 Å². The maximum absolute atomic E-state index is 14.7. The Morgan fingerprint density at radius 1 is 0.600 bits per heavy atom. The van der Waals surface area contributed by atoms with Crippen LogP contribution in [0, 0.1) is 11.6 Å². The van der Waals surface area contributed by atoms with Crippen LogP contribution in [0.3, 0.4) is 0 Å². The maximum atomic E-state index is 14.7. The number of carbonyl (C=O) groups is 2. The van der Waals surface area contributed by atoms with Gasteiger partial charge in [0.25, 0.3) is 0 Å². The number of benzene rings is 4. The van der Waals surface area contributed by atoms with Crippen LogP contribution in [0.1, 0.15) is 49.7 Å². The average molecular weight is 543 g/mol. The van der Waals surface area contributed by atoms with E-state index in [2.05, 4.69) is 0 Å². The maximum Gasteiger partial charge on any atom is 0.313 e. The number of rotatable bonds is 11. The van der Waals surface area contributed by atoms with Crippen LogP contribution in [-0.4, -0.2) is 25.2 Å². The van der Waals surface area contributed by atoms with Crippen molar-refractivity contribution in [1.29, 1.82) is 0 Å². The predicted molar refractivity (Wildman–Crippen MR) is 152 cm³/mol. The molecular weight excluding hydrogens is 510 g/mol. The highest BCUT2D eigenvalue weighted by Crippen LogP contribution is 2.28. The highest BCUT2D eigenvalue weighted by Gasteiger charge is 2.20. The van der Waals surface area contributed by atoms with E-state index in [0.29, 0.717) is 35.1 Å². The zero-order chi connectivity index (χ0) is 28.5. The molecule has 40 heavy (non-hydrogen) atoms. The Bertz CT molecular complexity index is 1330. The summed E-state index contributed by atoms with van der Waals surface area (Å²) in [5, 5.41) is 0. The summed E-state index contributed by atoms with van der Waals surface area (Å²) in [6.07, 6.45) is 1.00. The minimum atomic E-state index is -0.619. The van der Waals surface area contributed by atoms with Crippen LogP contribution in [0.2, 0.25) is 0 Å². The average Bonchev–Trinajstić information content (AvgIpc) is 2.98. The van der Waals surface area contributed by atoms with E-state index in [1.54, 1.807) is 38.1 Å². The van der Waals surface area contributed by atoms with Gasteiger partial charge in [0.2, 0.25) is 0 Å². The van der Waals surface area contributed by atoms with Crippen molar-refractivity contribution in [3.63, 3.8) is 0 Å². The largest absolute Gasteiger partial charge is 0.465 e. The first kappa shape index (κ1) is 28.7. The zero-order valence-electron chi connectivity index (χ0n) is 22.6. The van der Waals surface area contributed by atoms with Crippen molar-refractivity contribution >= 4 is 11.9 Å². The molecule has 0 saturated carbocycles. The molecule has 0 radical (unpaired) electrons. The number of carbonyl (C=O) groups excluding carboxylic acids is 2. The van der Waals surface area contributed by atoms with E-state index in [1.807, 2.05) is 60.7 Å². The molecule has 6 heteroatoms. The molecule has 0 N–H and O–H groups in total. The molecular formula is C34H32F2O4. The van der Waals surface area contributed by atoms with E-state index in [9.17, 15) is 18.4 Å². The minimum absolute atomic E-state index is 0.160. The smallest absolute Gasteiger partial charge is 0.313 e. The Hall–Kier alpha value is -4.32. The van der Waals surface area contributed by atoms with Crippen LogP contribution < -0.4 is 0 Å². The van der Waals surface area contributed by atoms with Gasteiger partial charge in [-0.2, -0.15) is 0 Å². The summed E-state index contributed by atoms with van der Waals surface area (Å²) in [6.45, 7) is 3.68. The molecule has 0 aliphatic heterocycles. The zero-order valence-corrected chi connectivity index (χ0v) is 22.6. The first-order valence-electron chi connectivity index (χ1n) is 13.4. The fourth-order valence-electron chi connectivity index (χ4n) is 4.38. The summed E-state index contributed by atoms with van der Waals surface area (Å²) in [6, 6.07) is 28.0. The molecule has 0 aromatic heterocycles. The van der Waals surface area contributed by atoms with Gasteiger partial charge >= 0.3 is 11.9 Å². The molecule has 4 nitrogen and oxygen atoms in total. The van der Waals surface area contributed by atoms with Gasteiger partial charge in [-0.1, -0.05) is 84.9 Å². The fourth-order valence-corrected chi connectivity index (χ4v) is 4.38. The van der Waals surface area contributed by atoms with E-state index in [0.717, 1.165) is 11.1 Å². The molecule has 2 atom stereocenters. The van der Waals surface area contributed by atoms with Crippen LogP contribution in [0.5, 0.6) is 0 Å². The van der Waals surface area contributed by atoms with Crippen molar-refractivity contribution in [2.45, 2.75) is 38.5 Å². The molecule has 0 aliphatic rings.